The van der Waals surface area contributed by atoms with E-state index in [1.165, 1.54) is 0 Å². The summed E-state index contributed by atoms with van der Waals surface area (Å²) in [6.07, 6.45) is 1.38. The van der Waals surface area contributed by atoms with Crippen molar-refractivity contribution in [1.82, 2.24) is 4.90 Å². The molecule has 27 heavy (non-hydrogen) atoms. The third kappa shape index (κ3) is 4.55. The number of carbonyl (C=O) groups excluding carboxylic acids is 2. The van der Waals surface area contributed by atoms with Gasteiger partial charge in [-0.15, -0.1) is 0 Å². The second kappa shape index (κ2) is 8.35. The third-order valence-electron chi connectivity index (χ3n) is 5.31. The molecule has 5 heteroatoms. The lowest BCUT2D eigenvalue weighted by atomic mass is 9.93. The predicted molar refractivity (Wildman–Crippen MR) is 107 cm³/mol. The summed E-state index contributed by atoms with van der Waals surface area (Å²) in [5.74, 6) is -0.391. The standard InChI is InChI=1S/C22H27N3O2/c1-15-8-9-16(2)19(14-15)24-22(27)20(17-6-4-3-5-7-17)25-12-10-18(11-13-25)21(23)26/h3-9,14,18,20H,10-13H2,1-2H3,(H2,23,26)(H,24,27)/t20-/m1/s1. The van der Waals surface area contributed by atoms with E-state index in [9.17, 15) is 9.59 Å². The van der Waals surface area contributed by atoms with Gasteiger partial charge in [-0.05, 0) is 62.5 Å². The number of primary amides is 1. The number of rotatable bonds is 5. The molecule has 2 aromatic carbocycles. The summed E-state index contributed by atoms with van der Waals surface area (Å²) in [5.41, 5.74) is 9.39. The summed E-state index contributed by atoms with van der Waals surface area (Å²) in [6.45, 7) is 5.35. The van der Waals surface area contributed by atoms with Crippen LogP contribution >= 0.6 is 0 Å². The van der Waals surface area contributed by atoms with Gasteiger partial charge in [0, 0.05) is 11.6 Å². The highest BCUT2D eigenvalue weighted by Gasteiger charge is 2.32. The number of hydrogen-bond acceptors (Lipinski definition) is 3. The van der Waals surface area contributed by atoms with Crippen LogP contribution in [0.2, 0.25) is 0 Å². The van der Waals surface area contributed by atoms with Crippen LogP contribution in [0.3, 0.4) is 0 Å². The normalized spacial score (nSPS) is 16.7. The van der Waals surface area contributed by atoms with E-state index >= 15 is 0 Å². The molecule has 1 fully saturated rings. The highest BCUT2D eigenvalue weighted by molar-refractivity contribution is 5.96. The molecule has 1 aliphatic rings. The van der Waals surface area contributed by atoms with Crippen molar-refractivity contribution in [3.8, 4) is 0 Å². The number of piperidine rings is 1. The first-order valence-electron chi connectivity index (χ1n) is 9.42. The van der Waals surface area contributed by atoms with Gasteiger partial charge in [-0.3, -0.25) is 14.5 Å². The molecule has 142 valence electrons. The summed E-state index contributed by atoms with van der Waals surface area (Å²) in [7, 11) is 0. The lowest BCUT2D eigenvalue weighted by Crippen LogP contribution is -2.44. The molecule has 1 atom stereocenters. The quantitative estimate of drug-likeness (QED) is 0.854. The maximum atomic E-state index is 13.2. The zero-order valence-electron chi connectivity index (χ0n) is 15.9. The Kier molecular flexibility index (Phi) is 5.91. The van der Waals surface area contributed by atoms with Gasteiger partial charge in [-0.2, -0.15) is 0 Å². The van der Waals surface area contributed by atoms with Crippen LogP contribution in [0.15, 0.2) is 48.5 Å². The van der Waals surface area contributed by atoms with Gasteiger partial charge in [0.1, 0.15) is 6.04 Å². The summed E-state index contributed by atoms with van der Waals surface area (Å²) in [4.78, 5) is 26.9. The van der Waals surface area contributed by atoms with Crippen LogP contribution in [0, 0.1) is 19.8 Å². The number of hydrogen-bond donors (Lipinski definition) is 2. The van der Waals surface area contributed by atoms with Crippen LogP contribution in [0.4, 0.5) is 5.69 Å². The summed E-state index contributed by atoms with van der Waals surface area (Å²) < 4.78 is 0. The lowest BCUT2D eigenvalue weighted by Gasteiger charge is -2.36. The second-order valence-electron chi connectivity index (χ2n) is 7.33. The molecule has 2 aromatic rings. The van der Waals surface area contributed by atoms with Crippen molar-refractivity contribution in [3.05, 3.63) is 65.2 Å². The molecule has 1 aliphatic heterocycles. The Morgan fingerprint density at radius 1 is 1.07 bits per heavy atom. The number of amides is 2. The van der Waals surface area contributed by atoms with E-state index < -0.39 is 0 Å². The van der Waals surface area contributed by atoms with E-state index in [-0.39, 0.29) is 23.8 Å². The fraction of sp³-hybridized carbons (Fsp3) is 0.364. The maximum absolute atomic E-state index is 13.2. The monoisotopic (exact) mass is 365 g/mol. The van der Waals surface area contributed by atoms with E-state index in [0.29, 0.717) is 25.9 Å². The molecule has 0 radical (unpaired) electrons. The number of likely N-dealkylation sites (tertiary alicyclic amines) is 1. The van der Waals surface area contributed by atoms with Gasteiger partial charge in [0.2, 0.25) is 11.8 Å². The fourth-order valence-corrected chi connectivity index (χ4v) is 3.68. The molecule has 0 aromatic heterocycles. The van der Waals surface area contributed by atoms with Gasteiger partial charge in [0.15, 0.2) is 0 Å². The highest BCUT2D eigenvalue weighted by atomic mass is 16.2. The topological polar surface area (TPSA) is 75.4 Å². The first kappa shape index (κ1) is 19.1. The minimum atomic E-state index is -0.389. The molecular weight excluding hydrogens is 338 g/mol. The van der Waals surface area contributed by atoms with Crippen molar-refractivity contribution in [2.45, 2.75) is 32.7 Å². The van der Waals surface area contributed by atoms with Crippen LogP contribution < -0.4 is 11.1 Å². The zero-order chi connectivity index (χ0) is 19.4. The van der Waals surface area contributed by atoms with Crippen LogP contribution in [0.1, 0.15) is 35.6 Å². The van der Waals surface area contributed by atoms with E-state index in [4.69, 9.17) is 5.73 Å². The Morgan fingerprint density at radius 2 is 1.74 bits per heavy atom. The van der Waals surface area contributed by atoms with Crippen molar-refractivity contribution in [2.75, 3.05) is 18.4 Å². The van der Waals surface area contributed by atoms with Gasteiger partial charge in [-0.25, -0.2) is 0 Å². The summed E-state index contributed by atoms with van der Waals surface area (Å²) in [5, 5.41) is 3.11. The van der Waals surface area contributed by atoms with Gasteiger partial charge in [0.05, 0.1) is 0 Å². The van der Waals surface area contributed by atoms with Crippen LogP contribution in [-0.4, -0.2) is 29.8 Å². The number of nitrogens with two attached hydrogens (primary N) is 1. The SMILES string of the molecule is Cc1ccc(C)c(NC(=O)[C@@H](c2ccccc2)N2CCC(C(N)=O)CC2)c1. The maximum Gasteiger partial charge on any atom is 0.246 e. The van der Waals surface area contributed by atoms with Crippen molar-refractivity contribution >= 4 is 17.5 Å². The average molecular weight is 365 g/mol. The van der Waals surface area contributed by atoms with Gasteiger partial charge in [0.25, 0.3) is 0 Å². The second-order valence-corrected chi connectivity index (χ2v) is 7.33. The molecule has 5 nitrogen and oxygen atoms in total. The van der Waals surface area contributed by atoms with E-state index in [2.05, 4.69) is 10.2 Å². The summed E-state index contributed by atoms with van der Waals surface area (Å²) >= 11 is 0. The minimum Gasteiger partial charge on any atom is -0.369 e. The Bertz CT molecular complexity index is 812. The Hall–Kier alpha value is -2.66. The van der Waals surface area contributed by atoms with Crippen molar-refractivity contribution in [3.63, 3.8) is 0 Å². The molecule has 0 saturated carbocycles. The number of nitrogens with one attached hydrogen (secondary N) is 1. The molecule has 0 aliphatic carbocycles. The lowest BCUT2D eigenvalue weighted by molar-refractivity contribution is -0.125. The van der Waals surface area contributed by atoms with E-state index in [1.807, 2.05) is 62.4 Å². The number of aryl methyl sites for hydroxylation is 2. The average Bonchev–Trinajstić information content (AvgIpc) is 2.66. The van der Waals surface area contributed by atoms with Gasteiger partial charge < -0.3 is 11.1 Å². The molecule has 3 N–H and O–H groups in total. The molecule has 0 bridgehead atoms. The Morgan fingerprint density at radius 3 is 2.37 bits per heavy atom. The molecule has 0 unspecified atom stereocenters. The number of benzene rings is 2. The summed E-state index contributed by atoms with van der Waals surface area (Å²) in [6, 6.07) is 15.5. The highest BCUT2D eigenvalue weighted by Crippen LogP contribution is 2.29. The minimum absolute atomic E-state index is 0.0487. The Labute approximate surface area is 160 Å². The molecule has 0 spiro atoms. The molecule has 1 heterocycles. The molecule has 2 amide bonds. The molecular formula is C22H27N3O2. The predicted octanol–water partition coefficient (Wildman–Crippen LogP) is 3.18. The van der Waals surface area contributed by atoms with E-state index in [0.717, 1.165) is 22.4 Å². The van der Waals surface area contributed by atoms with Crippen molar-refractivity contribution < 1.29 is 9.59 Å². The van der Waals surface area contributed by atoms with Crippen molar-refractivity contribution in [2.24, 2.45) is 11.7 Å². The van der Waals surface area contributed by atoms with Gasteiger partial charge in [-0.1, -0.05) is 42.5 Å². The number of carbonyl (C=O) groups is 2. The third-order valence-corrected chi connectivity index (χ3v) is 5.31. The first-order valence-corrected chi connectivity index (χ1v) is 9.42. The van der Waals surface area contributed by atoms with Gasteiger partial charge >= 0.3 is 0 Å². The van der Waals surface area contributed by atoms with Crippen molar-refractivity contribution in [1.29, 1.82) is 0 Å². The van der Waals surface area contributed by atoms with E-state index in [1.54, 1.807) is 0 Å². The largest absolute Gasteiger partial charge is 0.369 e. The van der Waals surface area contributed by atoms with Crippen LogP contribution in [-0.2, 0) is 9.59 Å². The zero-order valence-corrected chi connectivity index (χ0v) is 15.9. The first-order chi connectivity index (χ1) is 13.0. The van der Waals surface area contributed by atoms with Crippen LogP contribution in [0.25, 0.3) is 0 Å². The van der Waals surface area contributed by atoms with Crippen LogP contribution in [0.5, 0.6) is 0 Å². The fourth-order valence-electron chi connectivity index (χ4n) is 3.68. The number of anilines is 1. The molecule has 1 saturated heterocycles. The number of nitrogens with zero attached hydrogens (tertiary/aromatic N) is 1. The Balaban J connectivity index is 1.83. The molecule has 3 rings (SSSR count). The smallest absolute Gasteiger partial charge is 0.246 e.